The average molecular weight is 458 g/mol. The summed E-state index contributed by atoms with van der Waals surface area (Å²) in [6, 6.07) is 5.47. The molecule has 4 N–H and O–H groups in total. The molecule has 1 saturated heterocycles. The molecule has 3 aromatic rings. The molecule has 0 aliphatic carbocycles. The van der Waals surface area contributed by atoms with E-state index in [4.69, 9.17) is 4.74 Å². The Bertz CT molecular complexity index is 1110. The molecule has 33 heavy (non-hydrogen) atoms. The largest absolute Gasteiger partial charge is 0.387 e. The maximum atomic E-state index is 14.1. The highest BCUT2D eigenvalue weighted by atomic mass is 19.1. The van der Waals surface area contributed by atoms with E-state index in [0.29, 0.717) is 30.5 Å². The van der Waals surface area contributed by atoms with Crippen LogP contribution in [0.1, 0.15) is 37.0 Å². The number of fused-ring (bicyclic) bond motifs is 1. The van der Waals surface area contributed by atoms with Crippen LogP contribution in [-0.2, 0) is 4.74 Å². The van der Waals surface area contributed by atoms with Gasteiger partial charge in [0.25, 0.3) is 5.91 Å². The standard InChI is InChI=1S/C22H28FN7O3/c1-22(2,32)17(23)13-26-21(31)15-12-25-19(11-16(15)27-14-5-9-33-10-6-14)28-18-3-4-20-24-7-8-30(20)29-18/h3-4,7-8,11-12,14,17,32H,5-6,9-10,13H2,1-2H3,(H,26,31)(H2,25,27,28,29)/t17-/m1/s1. The fourth-order valence-corrected chi connectivity index (χ4v) is 3.43. The van der Waals surface area contributed by atoms with E-state index in [-0.39, 0.29) is 18.2 Å². The maximum Gasteiger partial charge on any atom is 0.255 e. The predicted octanol–water partition coefficient (Wildman–Crippen LogP) is 2.30. The molecule has 4 rings (SSSR count). The van der Waals surface area contributed by atoms with Crippen LogP contribution in [0.4, 0.5) is 21.7 Å². The van der Waals surface area contributed by atoms with E-state index in [1.807, 2.05) is 6.07 Å². The highest BCUT2D eigenvalue weighted by molar-refractivity contribution is 5.99. The number of anilines is 3. The monoisotopic (exact) mass is 457 g/mol. The Labute approximate surface area is 190 Å². The first-order valence-corrected chi connectivity index (χ1v) is 10.9. The lowest BCUT2D eigenvalue weighted by molar-refractivity contribution is -0.00177. The molecular formula is C22H28FN7O3. The van der Waals surface area contributed by atoms with Crippen LogP contribution >= 0.6 is 0 Å². The number of imidazole rings is 1. The van der Waals surface area contributed by atoms with Crippen molar-refractivity contribution >= 4 is 28.9 Å². The summed E-state index contributed by atoms with van der Waals surface area (Å²) in [7, 11) is 0. The van der Waals surface area contributed by atoms with E-state index in [2.05, 4.69) is 31.0 Å². The number of carbonyl (C=O) groups is 1. The van der Waals surface area contributed by atoms with Crippen molar-refractivity contribution < 1.29 is 19.0 Å². The molecule has 0 saturated carbocycles. The van der Waals surface area contributed by atoms with Crippen molar-refractivity contribution in [1.82, 2.24) is 24.9 Å². The smallest absolute Gasteiger partial charge is 0.255 e. The second-order valence-electron chi connectivity index (χ2n) is 8.55. The van der Waals surface area contributed by atoms with E-state index in [9.17, 15) is 14.3 Å². The summed E-state index contributed by atoms with van der Waals surface area (Å²) in [5.41, 5.74) is 0.0261. The Morgan fingerprint density at radius 3 is 2.85 bits per heavy atom. The molecule has 1 fully saturated rings. The van der Waals surface area contributed by atoms with Crippen LogP contribution in [0.25, 0.3) is 5.65 Å². The Morgan fingerprint density at radius 2 is 2.09 bits per heavy atom. The molecule has 10 nitrogen and oxygen atoms in total. The lowest BCUT2D eigenvalue weighted by atomic mass is 10.0. The van der Waals surface area contributed by atoms with Gasteiger partial charge in [-0.3, -0.25) is 4.79 Å². The first-order chi connectivity index (χ1) is 15.8. The van der Waals surface area contributed by atoms with Gasteiger partial charge in [0.05, 0.1) is 23.4 Å². The molecule has 0 spiro atoms. The van der Waals surface area contributed by atoms with E-state index in [1.54, 1.807) is 29.0 Å². The minimum Gasteiger partial charge on any atom is -0.387 e. The molecule has 176 valence electrons. The summed E-state index contributed by atoms with van der Waals surface area (Å²) in [5, 5.41) is 23.3. The molecule has 0 aromatic carbocycles. The number of carbonyl (C=O) groups excluding carboxylic acids is 1. The minimum absolute atomic E-state index is 0.131. The highest BCUT2D eigenvalue weighted by Crippen LogP contribution is 2.24. The van der Waals surface area contributed by atoms with Crippen molar-refractivity contribution in [2.75, 3.05) is 30.4 Å². The number of nitrogens with zero attached hydrogens (tertiary/aromatic N) is 4. The predicted molar refractivity (Wildman–Crippen MR) is 121 cm³/mol. The van der Waals surface area contributed by atoms with E-state index < -0.39 is 17.7 Å². The van der Waals surface area contributed by atoms with Crippen molar-refractivity contribution in [2.45, 2.75) is 44.5 Å². The normalized spacial score (nSPS) is 15.9. The van der Waals surface area contributed by atoms with Gasteiger partial charge < -0.3 is 25.8 Å². The summed E-state index contributed by atoms with van der Waals surface area (Å²) in [6.45, 7) is 3.69. The van der Waals surface area contributed by atoms with Gasteiger partial charge in [-0.15, -0.1) is 5.10 Å². The number of aromatic nitrogens is 4. The topological polar surface area (TPSA) is 126 Å². The zero-order valence-electron chi connectivity index (χ0n) is 18.6. The van der Waals surface area contributed by atoms with Crippen LogP contribution in [-0.4, -0.2) is 68.2 Å². The lowest BCUT2D eigenvalue weighted by Gasteiger charge is -2.26. The summed E-state index contributed by atoms with van der Waals surface area (Å²) in [5.74, 6) is 0.578. The summed E-state index contributed by atoms with van der Waals surface area (Å²) >= 11 is 0. The highest BCUT2D eigenvalue weighted by Gasteiger charge is 2.27. The SMILES string of the molecule is CC(C)(O)[C@H](F)CNC(=O)c1cnc(Nc2ccc3nccn3n2)cc1NC1CCOCC1. The quantitative estimate of drug-likeness (QED) is 0.406. The molecule has 1 aliphatic rings. The third kappa shape index (κ3) is 5.74. The number of amides is 1. The minimum atomic E-state index is -1.61. The van der Waals surface area contributed by atoms with Gasteiger partial charge in [0.15, 0.2) is 11.5 Å². The van der Waals surface area contributed by atoms with Gasteiger partial charge in [0, 0.05) is 43.9 Å². The second-order valence-corrected chi connectivity index (χ2v) is 8.55. The Hall–Kier alpha value is -3.31. The number of ether oxygens (including phenoxy) is 1. The zero-order valence-corrected chi connectivity index (χ0v) is 18.6. The Morgan fingerprint density at radius 1 is 1.30 bits per heavy atom. The fraction of sp³-hybridized carbons (Fsp3) is 0.455. The van der Waals surface area contributed by atoms with Gasteiger partial charge >= 0.3 is 0 Å². The molecule has 3 aromatic heterocycles. The Kier molecular flexibility index (Phi) is 6.70. The molecule has 4 heterocycles. The van der Waals surface area contributed by atoms with Gasteiger partial charge in [0.1, 0.15) is 12.0 Å². The van der Waals surface area contributed by atoms with Crippen molar-refractivity contribution in [1.29, 1.82) is 0 Å². The van der Waals surface area contributed by atoms with Crippen molar-refractivity contribution in [3.8, 4) is 0 Å². The number of hydrogen-bond acceptors (Lipinski definition) is 8. The van der Waals surface area contributed by atoms with E-state index in [0.717, 1.165) is 18.5 Å². The molecule has 1 amide bonds. The van der Waals surface area contributed by atoms with Gasteiger partial charge in [0.2, 0.25) is 0 Å². The number of aliphatic hydroxyl groups is 1. The van der Waals surface area contributed by atoms with Crippen LogP contribution in [0, 0.1) is 0 Å². The first kappa shape index (κ1) is 22.9. The molecule has 1 atom stereocenters. The summed E-state index contributed by atoms with van der Waals surface area (Å²) in [6.07, 6.45) is 4.84. The van der Waals surface area contributed by atoms with Gasteiger partial charge in [-0.25, -0.2) is 18.9 Å². The zero-order chi connectivity index (χ0) is 23.4. The summed E-state index contributed by atoms with van der Waals surface area (Å²) in [4.78, 5) is 21.3. The van der Waals surface area contributed by atoms with Gasteiger partial charge in [-0.1, -0.05) is 0 Å². The average Bonchev–Trinajstić information content (AvgIpc) is 3.25. The maximum absolute atomic E-state index is 14.1. The molecule has 11 heteroatoms. The molecule has 1 aliphatic heterocycles. The van der Waals surface area contributed by atoms with Crippen molar-refractivity contribution in [3.63, 3.8) is 0 Å². The number of nitrogens with one attached hydrogen (secondary N) is 3. The lowest BCUT2D eigenvalue weighted by Crippen LogP contribution is -2.42. The molecule has 0 unspecified atom stereocenters. The third-order valence-corrected chi connectivity index (χ3v) is 5.45. The molecule has 0 bridgehead atoms. The van der Waals surface area contributed by atoms with Crippen molar-refractivity contribution in [3.05, 3.63) is 42.4 Å². The number of rotatable bonds is 8. The van der Waals surface area contributed by atoms with E-state index >= 15 is 0 Å². The second kappa shape index (κ2) is 9.67. The van der Waals surface area contributed by atoms with Crippen LogP contribution in [0.2, 0.25) is 0 Å². The van der Waals surface area contributed by atoms with Crippen LogP contribution in [0.15, 0.2) is 36.8 Å². The van der Waals surface area contributed by atoms with Gasteiger partial charge in [-0.05, 0) is 38.8 Å². The van der Waals surface area contributed by atoms with Crippen molar-refractivity contribution in [2.24, 2.45) is 0 Å². The Balaban J connectivity index is 1.54. The number of pyridine rings is 1. The number of halogens is 1. The number of alkyl halides is 1. The van der Waals surface area contributed by atoms with Gasteiger partial charge in [-0.2, -0.15) is 0 Å². The fourth-order valence-electron chi connectivity index (χ4n) is 3.43. The molecule has 0 radical (unpaired) electrons. The number of hydrogen-bond donors (Lipinski definition) is 4. The third-order valence-electron chi connectivity index (χ3n) is 5.45. The molecular weight excluding hydrogens is 429 g/mol. The van der Waals surface area contributed by atoms with Crippen LogP contribution < -0.4 is 16.0 Å². The van der Waals surface area contributed by atoms with Crippen LogP contribution in [0.3, 0.4) is 0 Å². The summed E-state index contributed by atoms with van der Waals surface area (Å²) < 4.78 is 21.2. The van der Waals surface area contributed by atoms with E-state index in [1.165, 1.54) is 20.0 Å². The first-order valence-electron chi connectivity index (χ1n) is 10.9. The van der Waals surface area contributed by atoms with Crippen LogP contribution in [0.5, 0.6) is 0 Å².